The number of urea groups is 1. The molecule has 5 nitrogen and oxygen atoms in total. The lowest BCUT2D eigenvalue weighted by Gasteiger charge is -2.34. The summed E-state index contributed by atoms with van der Waals surface area (Å²) in [4.78, 5) is 25.2. The highest BCUT2D eigenvalue weighted by Gasteiger charge is 2.39. The van der Waals surface area contributed by atoms with Crippen molar-refractivity contribution in [3.05, 3.63) is 102 Å². The standard InChI is InChI=1S/C25H20F3N3O2/c1-15-21(23(32)30-20-10-6-5-9-19(20)25(26,27)28)22(31-24(33)29-15)18-13-11-17(12-14-18)16-7-3-2-4-8-16/h2-14,21-22H,1H2,(H,30,32)(H2,29,31,33)/t21-,22+/m0/s1. The van der Waals surface area contributed by atoms with Crippen molar-refractivity contribution in [2.45, 2.75) is 12.2 Å². The molecule has 33 heavy (non-hydrogen) atoms. The van der Waals surface area contributed by atoms with Gasteiger partial charge in [0.25, 0.3) is 0 Å². The highest BCUT2D eigenvalue weighted by Crippen LogP contribution is 2.36. The van der Waals surface area contributed by atoms with Gasteiger partial charge in [0, 0.05) is 5.70 Å². The van der Waals surface area contributed by atoms with Gasteiger partial charge in [-0.05, 0) is 28.8 Å². The number of carbonyl (C=O) groups is 2. The van der Waals surface area contributed by atoms with E-state index in [1.54, 1.807) is 12.1 Å². The molecule has 0 radical (unpaired) electrons. The molecule has 3 amide bonds. The first-order chi connectivity index (χ1) is 15.7. The van der Waals surface area contributed by atoms with Crippen LogP contribution < -0.4 is 16.0 Å². The Hall–Kier alpha value is -4.07. The molecule has 0 bridgehead atoms. The van der Waals surface area contributed by atoms with Crippen molar-refractivity contribution in [3.63, 3.8) is 0 Å². The maximum atomic E-state index is 13.4. The monoisotopic (exact) mass is 451 g/mol. The molecule has 0 saturated carbocycles. The van der Waals surface area contributed by atoms with E-state index in [1.165, 1.54) is 18.2 Å². The summed E-state index contributed by atoms with van der Waals surface area (Å²) in [5, 5.41) is 7.50. The van der Waals surface area contributed by atoms with Crippen LogP contribution in [0.5, 0.6) is 0 Å². The quantitative estimate of drug-likeness (QED) is 0.491. The van der Waals surface area contributed by atoms with Crippen LogP contribution in [0.2, 0.25) is 0 Å². The second kappa shape index (κ2) is 8.82. The van der Waals surface area contributed by atoms with Gasteiger partial charge in [0.1, 0.15) is 5.92 Å². The van der Waals surface area contributed by atoms with Crippen molar-refractivity contribution in [3.8, 4) is 11.1 Å². The second-order valence-electron chi connectivity index (χ2n) is 7.60. The van der Waals surface area contributed by atoms with Crippen LogP contribution in [0.25, 0.3) is 11.1 Å². The van der Waals surface area contributed by atoms with Crippen LogP contribution in [0, 0.1) is 5.92 Å². The highest BCUT2D eigenvalue weighted by molar-refractivity contribution is 5.97. The average Bonchev–Trinajstić information content (AvgIpc) is 2.79. The summed E-state index contributed by atoms with van der Waals surface area (Å²) in [5.74, 6) is -1.76. The van der Waals surface area contributed by atoms with Gasteiger partial charge in [-0.2, -0.15) is 13.2 Å². The van der Waals surface area contributed by atoms with Gasteiger partial charge in [0.05, 0.1) is 17.3 Å². The lowest BCUT2D eigenvalue weighted by atomic mass is 9.87. The van der Waals surface area contributed by atoms with Crippen molar-refractivity contribution in [1.29, 1.82) is 0 Å². The van der Waals surface area contributed by atoms with E-state index in [4.69, 9.17) is 0 Å². The number of para-hydroxylation sites is 1. The van der Waals surface area contributed by atoms with Gasteiger partial charge >= 0.3 is 12.2 Å². The molecule has 0 aromatic heterocycles. The largest absolute Gasteiger partial charge is 0.418 e. The normalized spacial score (nSPS) is 18.3. The first-order valence-corrected chi connectivity index (χ1v) is 10.1. The number of hydrogen-bond donors (Lipinski definition) is 3. The minimum Gasteiger partial charge on any atom is -0.330 e. The molecule has 3 aromatic carbocycles. The summed E-state index contributed by atoms with van der Waals surface area (Å²) in [6, 6.07) is 20.3. The Bertz CT molecular complexity index is 1190. The van der Waals surface area contributed by atoms with Crippen molar-refractivity contribution in [2.75, 3.05) is 5.32 Å². The van der Waals surface area contributed by atoms with Gasteiger partial charge in [-0.15, -0.1) is 0 Å². The minimum atomic E-state index is -4.63. The second-order valence-corrected chi connectivity index (χ2v) is 7.60. The molecule has 8 heteroatoms. The zero-order valence-electron chi connectivity index (χ0n) is 17.3. The van der Waals surface area contributed by atoms with E-state index in [-0.39, 0.29) is 11.4 Å². The van der Waals surface area contributed by atoms with Gasteiger partial charge in [-0.25, -0.2) is 4.79 Å². The Morgan fingerprint density at radius 1 is 0.879 bits per heavy atom. The zero-order valence-corrected chi connectivity index (χ0v) is 17.3. The first-order valence-electron chi connectivity index (χ1n) is 10.1. The number of carbonyl (C=O) groups excluding carboxylic acids is 2. The molecule has 1 fully saturated rings. The molecule has 168 valence electrons. The number of amides is 3. The molecule has 3 aromatic rings. The molecule has 1 aliphatic heterocycles. The smallest absolute Gasteiger partial charge is 0.330 e. The topological polar surface area (TPSA) is 70.2 Å². The predicted molar refractivity (Wildman–Crippen MR) is 119 cm³/mol. The van der Waals surface area contributed by atoms with Crippen molar-refractivity contribution < 1.29 is 22.8 Å². The fraction of sp³-hybridized carbons (Fsp3) is 0.120. The van der Waals surface area contributed by atoms with Crippen LogP contribution in [0.4, 0.5) is 23.7 Å². The van der Waals surface area contributed by atoms with E-state index in [0.717, 1.165) is 17.2 Å². The Morgan fingerprint density at radius 2 is 1.48 bits per heavy atom. The molecule has 1 saturated heterocycles. The molecular formula is C25H20F3N3O2. The number of rotatable bonds is 4. The highest BCUT2D eigenvalue weighted by atomic mass is 19.4. The molecular weight excluding hydrogens is 431 g/mol. The lowest BCUT2D eigenvalue weighted by molar-refractivity contribution is -0.137. The summed E-state index contributed by atoms with van der Waals surface area (Å²) < 4.78 is 40.1. The Balaban J connectivity index is 1.63. The third-order valence-electron chi connectivity index (χ3n) is 5.42. The van der Waals surface area contributed by atoms with Crippen molar-refractivity contribution >= 4 is 17.6 Å². The zero-order chi connectivity index (χ0) is 23.6. The maximum Gasteiger partial charge on any atom is 0.418 e. The molecule has 0 aliphatic carbocycles. The van der Waals surface area contributed by atoms with Crippen LogP contribution in [-0.2, 0) is 11.0 Å². The fourth-order valence-corrected chi connectivity index (χ4v) is 3.83. The van der Waals surface area contributed by atoms with Crippen LogP contribution >= 0.6 is 0 Å². The molecule has 2 atom stereocenters. The Labute approximate surface area is 188 Å². The van der Waals surface area contributed by atoms with E-state index in [2.05, 4.69) is 22.5 Å². The first kappa shape index (κ1) is 22.1. The Kier molecular flexibility index (Phi) is 5.91. The number of halogens is 3. The number of nitrogens with one attached hydrogen (secondary N) is 3. The third kappa shape index (κ3) is 4.74. The summed E-state index contributed by atoms with van der Waals surface area (Å²) in [7, 11) is 0. The van der Waals surface area contributed by atoms with E-state index in [1.807, 2.05) is 42.5 Å². The van der Waals surface area contributed by atoms with Crippen molar-refractivity contribution in [2.24, 2.45) is 5.92 Å². The number of hydrogen-bond acceptors (Lipinski definition) is 2. The van der Waals surface area contributed by atoms with Crippen LogP contribution in [0.1, 0.15) is 17.2 Å². The predicted octanol–water partition coefficient (Wildman–Crippen LogP) is 5.49. The van der Waals surface area contributed by atoms with E-state index >= 15 is 0 Å². The Morgan fingerprint density at radius 3 is 2.15 bits per heavy atom. The molecule has 1 heterocycles. The summed E-state index contributed by atoms with van der Waals surface area (Å²) in [6.45, 7) is 3.77. The van der Waals surface area contributed by atoms with Gasteiger partial charge in [0.2, 0.25) is 5.91 Å². The molecule has 4 rings (SSSR count). The summed E-state index contributed by atoms with van der Waals surface area (Å²) in [5.41, 5.74) is 1.34. The maximum absolute atomic E-state index is 13.4. The number of alkyl halides is 3. The summed E-state index contributed by atoms with van der Waals surface area (Å²) >= 11 is 0. The summed E-state index contributed by atoms with van der Waals surface area (Å²) in [6.07, 6.45) is -4.63. The van der Waals surface area contributed by atoms with Gasteiger partial charge in [-0.1, -0.05) is 73.3 Å². The van der Waals surface area contributed by atoms with Crippen LogP contribution in [-0.4, -0.2) is 11.9 Å². The number of anilines is 1. The lowest BCUT2D eigenvalue weighted by Crippen LogP contribution is -2.51. The van der Waals surface area contributed by atoms with Gasteiger partial charge < -0.3 is 16.0 Å². The fourth-order valence-electron chi connectivity index (χ4n) is 3.83. The molecule has 3 N–H and O–H groups in total. The van der Waals surface area contributed by atoms with E-state index in [0.29, 0.717) is 5.56 Å². The SMILES string of the molecule is C=C1NC(=O)N[C@H](c2ccc(-c3ccccc3)cc2)[C@H]1C(=O)Nc1ccccc1C(F)(F)F. The minimum absolute atomic E-state index is 0.0953. The van der Waals surface area contributed by atoms with Crippen LogP contribution in [0.3, 0.4) is 0 Å². The average molecular weight is 451 g/mol. The van der Waals surface area contributed by atoms with Crippen LogP contribution in [0.15, 0.2) is 91.1 Å². The molecule has 0 unspecified atom stereocenters. The third-order valence-corrected chi connectivity index (χ3v) is 5.42. The van der Waals surface area contributed by atoms with Gasteiger partial charge in [0.15, 0.2) is 0 Å². The number of benzene rings is 3. The molecule has 1 aliphatic rings. The van der Waals surface area contributed by atoms with E-state index in [9.17, 15) is 22.8 Å². The van der Waals surface area contributed by atoms with E-state index < -0.39 is 35.6 Å². The van der Waals surface area contributed by atoms with Gasteiger partial charge in [-0.3, -0.25) is 4.79 Å². The van der Waals surface area contributed by atoms with Crippen molar-refractivity contribution in [1.82, 2.24) is 10.6 Å². The molecule has 0 spiro atoms.